The maximum absolute atomic E-state index is 11.8. The highest BCUT2D eigenvalue weighted by Crippen LogP contribution is 2.15. The van der Waals surface area contributed by atoms with Crippen LogP contribution < -0.4 is 10.6 Å². The Balaban J connectivity index is 0.00000220. The number of pyridine rings is 1. The molecule has 122 valence electrons. The average Bonchev–Trinajstić information content (AvgIpc) is 2.47. The molecule has 1 aromatic heterocycles. The lowest BCUT2D eigenvalue weighted by molar-refractivity contribution is -0.124. The van der Waals surface area contributed by atoms with Gasteiger partial charge in [-0.15, -0.1) is 24.8 Å². The minimum atomic E-state index is -0.00866. The number of fused-ring (bicyclic) bond motifs is 1. The van der Waals surface area contributed by atoms with Gasteiger partial charge in [0.05, 0.1) is 5.52 Å². The molecule has 1 amide bonds. The van der Waals surface area contributed by atoms with Gasteiger partial charge < -0.3 is 10.6 Å². The molecule has 4 nitrogen and oxygen atoms in total. The summed E-state index contributed by atoms with van der Waals surface area (Å²) in [5.74, 6) is 0.0817. The number of halogens is 2. The largest absolute Gasteiger partial charge is 0.355 e. The number of rotatable bonds is 6. The van der Waals surface area contributed by atoms with E-state index in [0.29, 0.717) is 13.1 Å². The molecule has 0 saturated heterocycles. The van der Waals surface area contributed by atoms with Gasteiger partial charge in [0.1, 0.15) is 0 Å². The third kappa shape index (κ3) is 5.44. The minimum Gasteiger partial charge on any atom is -0.355 e. The Hall–Kier alpha value is -1.36. The first-order chi connectivity index (χ1) is 9.72. The molecule has 1 heterocycles. The summed E-state index contributed by atoms with van der Waals surface area (Å²) < 4.78 is 0. The Morgan fingerprint density at radius 1 is 1.23 bits per heavy atom. The summed E-state index contributed by atoms with van der Waals surface area (Å²) in [7, 11) is 1.85. The topological polar surface area (TPSA) is 54.0 Å². The van der Waals surface area contributed by atoms with Crippen molar-refractivity contribution in [3.05, 3.63) is 42.1 Å². The molecular weight excluding hydrogens is 321 g/mol. The van der Waals surface area contributed by atoms with Crippen molar-refractivity contribution >= 4 is 41.6 Å². The molecule has 0 fully saturated rings. The normalized spacial score (nSPS) is 11.2. The molecule has 1 atom stereocenters. The van der Waals surface area contributed by atoms with E-state index in [0.717, 1.165) is 17.3 Å². The van der Waals surface area contributed by atoms with E-state index >= 15 is 0 Å². The standard InChI is InChI=1S/C16H21N3O.2ClH/c1-12(11-17-2)16(20)19-10-8-14-6-3-5-13-7-4-9-18-15(13)14;;/h3-7,9,12,17H,8,10-11H2,1-2H3,(H,19,20);2*1H. The number of aromatic nitrogens is 1. The summed E-state index contributed by atoms with van der Waals surface area (Å²) in [5, 5.41) is 7.12. The fourth-order valence-electron chi connectivity index (χ4n) is 2.26. The van der Waals surface area contributed by atoms with Gasteiger partial charge >= 0.3 is 0 Å². The Kier molecular flexibility index (Phi) is 9.74. The smallest absolute Gasteiger partial charge is 0.224 e. The Morgan fingerprint density at radius 2 is 1.95 bits per heavy atom. The predicted molar refractivity (Wildman–Crippen MR) is 96.0 cm³/mol. The number of hydrogen-bond donors (Lipinski definition) is 2. The third-order valence-corrected chi connectivity index (χ3v) is 3.37. The van der Waals surface area contributed by atoms with E-state index in [4.69, 9.17) is 0 Å². The van der Waals surface area contributed by atoms with Gasteiger partial charge in [0.15, 0.2) is 0 Å². The van der Waals surface area contributed by atoms with Crippen LogP contribution in [0.2, 0.25) is 0 Å². The molecule has 2 rings (SSSR count). The zero-order chi connectivity index (χ0) is 14.4. The van der Waals surface area contributed by atoms with E-state index < -0.39 is 0 Å². The lowest BCUT2D eigenvalue weighted by Gasteiger charge is -2.12. The van der Waals surface area contributed by atoms with Crippen LogP contribution in [0.25, 0.3) is 10.9 Å². The summed E-state index contributed by atoms with van der Waals surface area (Å²) in [5.41, 5.74) is 2.19. The lowest BCUT2D eigenvalue weighted by atomic mass is 10.1. The second-order valence-corrected chi connectivity index (χ2v) is 4.99. The van der Waals surface area contributed by atoms with Crippen molar-refractivity contribution in [1.29, 1.82) is 0 Å². The molecule has 0 aliphatic rings. The van der Waals surface area contributed by atoms with Crippen molar-refractivity contribution in [3.63, 3.8) is 0 Å². The molecule has 1 aromatic carbocycles. The molecule has 0 bridgehead atoms. The molecule has 22 heavy (non-hydrogen) atoms. The zero-order valence-corrected chi connectivity index (χ0v) is 14.5. The maximum atomic E-state index is 11.8. The Bertz CT molecular complexity index is 587. The van der Waals surface area contributed by atoms with Gasteiger partial charge in [-0.2, -0.15) is 0 Å². The molecular formula is C16H23Cl2N3O. The van der Waals surface area contributed by atoms with E-state index in [-0.39, 0.29) is 36.6 Å². The fraction of sp³-hybridized carbons (Fsp3) is 0.375. The van der Waals surface area contributed by atoms with Crippen LogP contribution in [0.5, 0.6) is 0 Å². The number of carbonyl (C=O) groups excluding carboxylic acids is 1. The number of nitrogens with one attached hydrogen (secondary N) is 2. The summed E-state index contributed by atoms with van der Waals surface area (Å²) >= 11 is 0. The van der Waals surface area contributed by atoms with Gasteiger partial charge in [-0.1, -0.05) is 31.2 Å². The molecule has 0 saturated carbocycles. The molecule has 0 aliphatic carbocycles. The third-order valence-electron chi connectivity index (χ3n) is 3.37. The molecule has 6 heteroatoms. The van der Waals surface area contributed by atoms with Crippen molar-refractivity contribution < 1.29 is 4.79 Å². The van der Waals surface area contributed by atoms with Gasteiger partial charge in [0.25, 0.3) is 0 Å². The highest BCUT2D eigenvalue weighted by molar-refractivity contribution is 5.85. The van der Waals surface area contributed by atoms with E-state index in [1.54, 1.807) is 6.20 Å². The zero-order valence-electron chi connectivity index (χ0n) is 12.8. The first kappa shape index (κ1) is 20.6. The SMILES string of the molecule is CNCC(C)C(=O)NCCc1cccc2cccnc12.Cl.Cl. The van der Waals surface area contributed by atoms with Crippen LogP contribution in [0.15, 0.2) is 36.5 Å². The highest BCUT2D eigenvalue weighted by Gasteiger charge is 2.11. The molecule has 0 radical (unpaired) electrons. The fourth-order valence-corrected chi connectivity index (χ4v) is 2.26. The van der Waals surface area contributed by atoms with Crippen molar-refractivity contribution in [2.75, 3.05) is 20.1 Å². The Morgan fingerprint density at radius 3 is 2.68 bits per heavy atom. The molecule has 0 aliphatic heterocycles. The van der Waals surface area contributed by atoms with Crippen LogP contribution in [0, 0.1) is 5.92 Å². The minimum absolute atomic E-state index is 0. The molecule has 1 unspecified atom stereocenters. The van der Waals surface area contributed by atoms with Gasteiger partial charge in [0, 0.05) is 30.6 Å². The van der Waals surface area contributed by atoms with E-state index in [2.05, 4.69) is 33.8 Å². The summed E-state index contributed by atoms with van der Waals surface area (Å²) in [6.07, 6.45) is 2.60. The van der Waals surface area contributed by atoms with Crippen molar-refractivity contribution in [3.8, 4) is 0 Å². The van der Waals surface area contributed by atoms with Crippen molar-refractivity contribution in [2.24, 2.45) is 5.92 Å². The highest BCUT2D eigenvalue weighted by atomic mass is 35.5. The van der Waals surface area contributed by atoms with Gasteiger partial charge in [-0.05, 0) is 25.1 Å². The van der Waals surface area contributed by atoms with Crippen LogP contribution in [-0.2, 0) is 11.2 Å². The van der Waals surface area contributed by atoms with Gasteiger partial charge in [-0.3, -0.25) is 9.78 Å². The number of carbonyl (C=O) groups is 1. The van der Waals surface area contributed by atoms with Crippen LogP contribution in [-0.4, -0.2) is 31.0 Å². The summed E-state index contributed by atoms with van der Waals surface area (Å²) in [4.78, 5) is 16.2. The summed E-state index contributed by atoms with van der Waals surface area (Å²) in [6.45, 7) is 3.26. The number of benzene rings is 1. The van der Waals surface area contributed by atoms with Crippen molar-refractivity contribution in [2.45, 2.75) is 13.3 Å². The second kappa shape index (κ2) is 10.4. The molecule has 2 aromatic rings. The number of nitrogens with zero attached hydrogens (tertiary/aromatic N) is 1. The van der Waals surface area contributed by atoms with E-state index in [9.17, 15) is 4.79 Å². The van der Waals surface area contributed by atoms with Gasteiger partial charge in [0.2, 0.25) is 5.91 Å². The maximum Gasteiger partial charge on any atom is 0.224 e. The predicted octanol–water partition coefficient (Wildman–Crippen LogP) is 2.59. The van der Waals surface area contributed by atoms with Gasteiger partial charge in [-0.25, -0.2) is 0 Å². The molecule has 2 N–H and O–H groups in total. The number of amides is 1. The van der Waals surface area contributed by atoms with E-state index in [1.165, 1.54) is 5.56 Å². The van der Waals surface area contributed by atoms with Crippen LogP contribution >= 0.6 is 24.8 Å². The first-order valence-electron chi connectivity index (χ1n) is 6.97. The number of para-hydroxylation sites is 1. The average molecular weight is 344 g/mol. The van der Waals surface area contributed by atoms with E-state index in [1.807, 2.05) is 26.1 Å². The lowest BCUT2D eigenvalue weighted by Crippen LogP contribution is -2.35. The second-order valence-electron chi connectivity index (χ2n) is 4.99. The van der Waals surface area contributed by atoms with Crippen LogP contribution in [0.1, 0.15) is 12.5 Å². The Labute approximate surface area is 143 Å². The summed E-state index contributed by atoms with van der Waals surface area (Å²) in [6, 6.07) is 10.1. The first-order valence-corrected chi connectivity index (χ1v) is 6.97. The van der Waals surface area contributed by atoms with Crippen LogP contribution in [0.4, 0.5) is 0 Å². The quantitative estimate of drug-likeness (QED) is 0.847. The molecule has 0 spiro atoms. The number of hydrogen-bond acceptors (Lipinski definition) is 3. The van der Waals surface area contributed by atoms with Crippen LogP contribution in [0.3, 0.4) is 0 Å². The van der Waals surface area contributed by atoms with Crippen molar-refractivity contribution in [1.82, 2.24) is 15.6 Å². The monoisotopic (exact) mass is 343 g/mol.